The number of hydrogen-bond acceptors (Lipinski definition) is 6. The summed E-state index contributed by atoms with van der Waals surface area (Å²) in [6.07, 6.45) is 71.7. The Morgan fingerprint density at radius 2 is 0.514 bits per heavy atom. The van der Waals surface area contributed by atoms with Gasteiger partial charge in [-0.15, -0.1) is 0 Å². The van der Waals surface area contributed by atoms with Crippen molar-refractivity contribution in [3.05, 3.63) is 36.5 Å². The highest BCUT2D eigenvalue weighted by Crippen LogP contribution is 2.17. The Morgan fingerprint density at radius 3 is 0.814 bits per heavy atom. The molecule has 0 bridgehead atoms. The van der Waals surface area contributed by atoms with E-state index in [0.717, 1.165) is 83.5 Å². The van der Waals surface area contributed by atoms with Crippen LogP contribution in [-0.4, -0.2) is 37.2 Å². The summed E-state index contributed by atoms with van der Waals surface area (Å²) in [6, 6.07) is 0. The Morgan fingerprint density at radius 1 is 0.286 bits per heavy atom. The number of unbranched alkanes of at least 4 members (excludes halogenated alkanes) is 40. The van der Waals surface area contributed by atoms with E-state index in [1.165, 1.54) is 212 Å². The van der Waals surface area contributed by atoms with Gasteiger partial charge < -0.3 is 14.2 Å². The molecule has 0 radical (unpaired) electrons. The monoisotopic (exact) mass is 983 g/mol. The summed E-state index contributed by atoms with van der Waals surface area (Å²) in [5.41, 5.74) is 0. The maximum atomic E-state index is 12.8. The van der Waals surface area contributed by atoms with Gasteiger partial charge in [0.2, 0.25) is 0 Å². The molecular weight excluding hydrogens is 865 g/mol. The highest BCUT2D eigenvalue weighted by molar-refractivity contribution is 5.71. The van der Waals surface area contributed by atoms with Gasteiger partial charge in [-0.3, -0.25) is 14.4 Å². The molecule has 0 aliphatic carbocycles. The molecule has 0 spiro atoms. The molecule has 0 aromatic carbocycles. The third-order valence-corrected chi connectivity index (χ3v) is 13.9. The number of carbonyl (C=O) groups excluding carboxylic acids is 3. The second kappa shape index (κ2) is 59.2. The van der Waals surface area contributed by atoms with Crippen molar-refractivity contribution in [2.45, 2.75) is 341 Å². The molecule has 1 atom stereocenters. The highest BCUT2D eigenvalue weighted by Gasteiger charge is 2.19. The highest BCUT2D eigenvalue weighted by atomic mass is 16.6. The maximum absolute atomic E-state index is 12.8. The van der Waals surface area contributed by atoms with Crippen molar-refractivity contribution in [2.75, 3.05) is 13.2 Å². The molecule has 70 heavy (non-hydrogen) atoms. The van der Waals surface area contributed by atoms with E-state index in [1.54, 1.807) is 0 Å². The molecule has 0 aromatic rings. The van der Waals surface area contributed by atoms with Gasteiger partial charge >= 0.3 is 17.9 Å². The van der Waals surface area contributed by atoms with E-state index in [0.29, 0.717) is 19.3 Å². The third kappa shape index (κ3) is 56.5. The summed E-state index contributed by atoms with van der Waals surface area (Å²) in [5, 5.41) is 0. The summed E-state index contributed by atoms with van der Waals surface area (Å²) < 4.78 is 16.8. The minimum atomic E-state index is -0.775. The number of carbonyl (C=O) groups is 3. The first-order valence-corrected chi connectivity index (χ1v) is 31.0. The fourth-order valence-corrected chi connectivity index (χ4v) is 9.18. The van der Waals surface area contributed by atoms with Gasteiger partial charge in [0.1, 0.15) is 13.2 Å². The average Bonchev–Trinajstić information content (AvgIpc) is 3.36. The molecule has 0 aromatic heterocycles. The molecule has 0 rings (SSSR count). The number of rotatable bonds is 57. The predicted octanol–water partition coefficient (Wildman–Crippen LogP) is 20.8. The van der Waals surface area contributed by atoms with E-state index in [1.807, 2.05) is 0 Å². The number of ether oxygens (including phenoxy) is 3. The van der Waals surface area contributed by atoms with Gasteiger partial charge in [-0.05, 0) is 77.0 Å². The zero-order valence-electron chi connectivity index (χ0n) is 47.1. The van der Waals surface area contributed by atoms with Crippen LogP contribution in [0.4, 0.5) is 0 Å². The first-order valence-electron chi connectivity index (χ1n) is 31.0. The molecule has 0 heterocycles. The largest absolute Gasteiger partial charge is 0.462 e. The van der Waals surface area contributed by atoms with Crippen molar-refractivity contribution in [1.29, 1.82) is 0 Å². The van der Waals surface area contributed by atoms with E-state index in [2.05, 4.69) is 57.2 Å². The van der Waals surface area contributed by atoms with Gasteiger partial charge in [-0.2, -0.15) is 0 Å². The fourth-order valence-electron chi connectivity index (χ4n) is 9.18. The molecule has 0 saturated heterocycles. The van der Waals surface area contributed by atoms with Gasteiger partial charge in [0, 0.05) is 19.3 Å². The minimum Gasteiger partial charge on any atom is -0.462 e. The molecule has 0 amide bonds. The normalized spacial score (nSPS) is 12.2. The Bertz CT molecular complexity index is 1170. The number of allylic oxidation sites excluding steroid dienone is 6. The topological polar surface area (TPSA) is 78.9 Å². The first-order chi connectivity index (χ1) is 34.5. The van der Waals surface area contributed by atoms with Crippen LogP contribution in [0.15, 0.2) is 36.5 Å². The summed E-state index contributed by atoms with van der Waals surface area (Å²) >= 11 is 0. The molecular formula is C64H118O6. The van der Waals surface area contributed by atoms with Crippen molar-refractivity contribution in [1.82, 2.24) is 0 Å². The van der Waals surface area contributed by atoms with E-state index in [4.69, 9.17) is 14.2 Å². The lowest BCUT2D eigenvalue weighted by atomic mass is 10.0. The lowest BCUT2D eigenvalue weighted by Gasteiger charge is -2.18. The van der Waals surface area contributed by atoms with Crippen LogP contribution in [-0.2, 0) is 28.6 Å². The van der Waals surface area contributed by atoms with Crippen molar-refractivity contribution < 1.29 is 28.6 Å². The molecule has 1 unspecified atom stereocenters. The van der Waals surface area contributed by atoms with Crippen molar-refractivity contribution in [3.8, 4) is 0 Å². The molecule has 6 heteroatoms. The molecule has 0 fully saturated rings. The van der Waals surface area contributed by atoms with Crippen LogP contribution in [0.5, 0.6) is 0 Å². The van der Waals surface area contributed by atoms with Crippen molar-refractivity contribution in [3.63, 3.8) is 0 Å². The average molecular weight is 984 g/mol. The minimum absolute atomic E-state index is 0.0739. The second-order valence-corrected chi connectivity index (χ2v) is 21.0. The third-order valence-electron chi connectivity index (χ3n) is 13.9. The van der Waals surface area contributed by atoms with Gasteiger partial charge in [-0.25, -0.2) is 0 Å². The van der Waals surface area contributed by atoms with Crippen molar-refractivity contribution in [2.24, 2.45) is 0 Å². The standard InChI is InChI=1S/C64H118O6/c1-4-7-10-13-16-19-21-23-25-27-28-29-30-31-32-33-34-35-36-37-39-40-42-45-48-51-54-57-63(66)69-60-61(59-68-62(65)56-53-50-47-44-18-15-12-9-6-3)70-64(67)58-55-52-49-46-43-41-38-26-24-22-20-17-14-11-8-5-2/h20,22,26-28,38,61H,4-19,21,23-25,29-37,39-60H2,1-3H3/b22-20-,28-27-,38-26-. The van der Waals surface area contributed by atoms with Crippen LogP contribution in [0, 0.1) is 0 Å². The zero-order valence-corrected chi connectivity index (χ0v) is 47.1. The first kappa shape index (κ1) is 67.6. The van der Waals surface area contributed by atoms with Gasteiger partial charge in [0.25, 0.3) is 0 Å². The Labute approximate surface area is 435 Å². The van der Waals surface area contributed by atoms with Crippen LogP contribution in [0.25, 0.3) is 0 Å². The molecule has 0 aliphatic rings. The van der Waals surface area contributed by atoms with Crippen molar-refractivity contribution >= 4 is 17.9 Å². The Balaban J connectivity index is 4.14. The van der Waals surface area contributed by atoms with E-state index in [-0.39, 0.29) is 31.1 Å². The quantitative estimate of drug-likeness (QED) is 0.0261. The molecule has 0 N–H and O–H groups in total. The van der Waals surface area contributed by atoms with Crippen LogP contribution < -0.4 is 0 Å². The molecule has 6 nitrogen and oxygen atoms in total. The maximum Gasteiger partial charge on any atom is 0.306 e. The van der Waals surface area contributed by atoms with E-state index >= 15 is 0 Å². The molecule has 0 aliphatic heterocycles. The Kier molecular flexibility index (Phi) is 57.2. The van der Waals surface area contributed by atoms with Crippen LogP contribution in [0.1, 0.15) is 335 Å². The van der Waals surface area contributed by atoms with Crippen LogP contribution >= 0.6 is 0 Å². The van der Waals surface area contributed by atoms with Gasteiger partial charge in [-0.1, -0.05) is 276 Å². The summed E-state index contributed by atoms with van der Waals surface area (Å²) in [5.74, 6) is -0.873. The smallest absolute Gasteiger partial charge is 0.306 e. The van der Waals surface area contributed by atoms with Crippen LogP contribution in [0.3, 0.4) is 0 Å². The number of esters is 3. The second-order valence-electron chi connectivity index (χ2n) is 21.0. The van der Waals surface area contributed by atoms with E-state index < -0.39 is 6.10 Å². The van der Waals surface area contributed by atoms with Gasteiger partial charge in [0.05, 0.1) is 0 Å². The Hall–Kier alpha value is -2.37. The molecule has 410 valence electrons. The zero-order chi connectivity index (χ0) is 50.7. The lowest BCUT2D eigenvalue weighted by Crippen LogP contribution is -2.30. The fraction of sp³-hybridized carbons (Fsp3) is 0.859. The predicted molar refractivity (Wildman–Crippen MR) is 302 cm³/mol. The lowest BCUT2D eigenvalue weighted by molar-refractivity contribution is -0.167. The molecule has 0 saturated carbocycles. The SMILES string of the molecule is CCCCCC/C=C\C/C=C\CCCCCCCC(=O)OC(COC(=O)CCCCCCCCCCC)COC(=O)CCCCCCCCCCCCCCCCC/C=C\CCCCCCCCCC. The van der Waals surface area contributed by atoms with Gasteiger partial charge in [0.15, 0.2) is 6.10 Å². The summed E-state index contributed by atoms with van der Waals surface area (Å²) in [6.45, 7) is 6.63. The van der Waals surface area contributed by atoms with E-state index in [9.17, 15) is 14.4 Å². The number of hydrogen-bond donors (Lipinski definition) is 0. The summed E-state index contributed by atoms with van der Waals surface area (Å²) in [4.78, 5) is 38.1. The van der Waals surface area contributed by atoms with Crippen LogP contribution in [0.2, 0.25) is 0 Å². The summed E-state index contributed by atoms with van der Waals surface area (Å²) in [7, 11) is 0.